The largest absolute Gasteiger partial charge is 0.478 e. The highest BCUT2D eigenvalue weighted by Crippen LogP contribution is 2.23. The van der Waals surface area contributed by atoms with Crippen molar-refractivity contribution in [2.45, 2.75) is 12.5 Å². The lowest BCUT2D eigenvalue weighted by molar-refractivity contribution is -0.145. The average Bonchev–Trinajstić information content (AvgIpc) is 2.56. The fraction of sp³-hybridized carbons (Fsp3) is 0.105. The number of hydrogen-bond acceptors (Lipinski definition) is 2. The van der Waals surface area contributed by atoms with Crippen LogP contribution in [0.25, 0.3) is 10.8 Å². The number of halogens is 1. The summed E-state index contributed by atoms with van der Waals surface area (Å²) in [7, 11) is 0. The molecule has 23 heavy (non-hydrogen) atoms. The molecule has 0 heterocycles. The first-order valence-corrected chi connectivity index (χ1v) is 7.63. The van der Waals surface area contributed by atoms with Crippen molar-refractivity contribution in [2.75, 3.05) is 0 Å². The molecule has 1 N–H and O–H groups in total. The van der Waals surface area contributed by atoms with Gasteiger partial charge in [0, 0.05) is 11.4 Å². The zero-order chi connectivity index (χ0) is 16.2. The number of fused-ring (bicyclic) bond motifs is 1. The van der Waals surface area contributed by atoms with Gasteiger partial charge in [0.15, 0.2) is 6.10 Å². The highest BCUT2D eigenvalue weighted by molar-refractivity contribution is 6.31. The summed E-state index contributed by atoms with van der Waals surface area (Å²) in [4.78, 5) is 11.5. The quantitative estimate of drug-likeness (QED) is 0.747. The molecule has 0 aliphatic carbocycles. The molecular weight excluding hydrogens is 312 g/mol. The number of hydrogen-bond donors (Lipinski definition) is 1. The monoisotopic (exact) mass is 326 g/mol. The number of carbonyl (C=O) groups is 1. The molecule has 3 aromatic carbocycles. The van der Waals surface area contributed by atoms with Crippen molar-refractivity contribution in [1.29, 1.82) is 0 Å². The van der Waals surface area contributed by atoms with E-state index in [4.69, 9.17) is 16.3 Å². The highest BCUT2D eigenvalue weighted by atomic mass is 35.5. The SMILES string of the molecule is O=C(O)C(Cc1ccccc1Cl)Oc1ccc2ccccc2c1. The van der Waals surface area contributed by atoms with E-state index in [-0.39, 0.29) is 6.42 Å². The van der Waals surface area contributed by atoms with Crippen molar-refractivity contribution in [3.63, 3.8) is 0 Å². The number of carboxylic acid groups (broad SMARTS) is 1. The molecule has 0 aliphatic rings. The third kappa shape index (κ3) is 3.63. The van der Waals surface area contributed by atoms with E-state index in [1.165, 1.54) is 0 Å². The number of ether oxygens (including phenoxy) is 1. The molecule has 0 bridgehead atoms. The molecular formula is C19H15ClO3. The van der Waals surface area contributed by atoms with E-state index in [9.17, 15) is 9.90 Å². The Labute approximate surface area is 139 Å². The minimum atomic E-state index is -1.02. The summed E-state index contributed by atoms with van der Waals surface area (Å²) >= 11 is 6.11. The first-order chi connectivity index (χ1) is 11.1. The van der Waals surface area contributed by atoms with Gasteiger partial charge in [0.2, 0.25) is 0 Å². The molecule has 0 aromatic heterocycles. The van der Waals surface area contributed by atoms with Crippen molar-refractivity contribution in [2.24, 2.45) is 0 Å². The third-order valence-electron chi connectivity index (χ3n) is 3.64. The molecule has 0 amide bonds. The van der Waals surface area contributed by atoms with Crippen molar-refractivity contribution in [1.82, 2.24) is 0 Å². The van der Waals surface area contributed by atoms with Gasteiger partial charge in [0.25, 0.3) is 0 Å². The van der Waals surface area contributed by atoms with Crippen LogP contribution in [0.15, 0.2) is 66.7 Å². The van der Waals surface area contributed by atoms with E-state index in [2.05, 4.69) is 0 Å². The molecule has 3 rings (SSSR count). The van der Waals surface area contributed by atoms with Gasteiger partial charge in [-0.1, -0.05) is 60.1 Å². The van der Waals surface area contributed by atoms with E-state index in [1.807, 2.05) is 54.6 Å². The fourth-order valence-electron chi connectivity index (χ4n) is 2.45. The van der Waals surface area contributed by atoms with Gasteiger partial charge in [0.1, 0.15) is 5.75 Å². The normalized spacial score (nSPS) is 12.0. The number of benzene rings is 3. The number of aliphatic carboxylic acids is 1. The molecule has 0 saturated carbocycles. The van der Waals surface area contributed by atoms with Crippen LogP contribution in [0.2, 0.25) is 5.02 Å². The summed E-state index contributed by atoms with van der Waals surface area (Å²) in [6.07, 6.45) is -0.780. The molecule has 3 nitrogen and oxygen atoms in total. The van der Waals surface area contributed by atoms with Gasteiger partial charge in [-0.25, -0.2) is 4.79 Å². The van der Waals surface area contributed by atoms with Crippen molar-refractivity contribution >= 4 is 28.3 Å². The number of carboxylic acids is 1. The second-order valence-corrected chi connectivity index (χ2v) is 5.66. The van der Waals surface area contributed by atoms with Gasteiger partial charge >= 0.3 is 5.97 Å². The maximum Gasteiger partial charge on any atom is 0.345 e. The van der Waals surface area contributed by atoms with E-state index >= 15 is 0 Å². The Morgan fingerprint density at radius 2 is 1.70 bits per heavy atom. The van der Waals surface area contributed by atoms with Gasteiger partial charge in [-0.2, -0.15) is 0 Å². The molecule has 0 saturated heterocycles. The van der Waals surface area contributed by atoms with Crippen LogP contribution >= 0.6 is 11.6 Å². The predicted molar refractivity (Wildman–Crippen MR) is 91.2 cm³/mol. The van der Waals surface area contributed by atoms with Gasteiger partial charge < -0.3 is 9.84 Å². The summed E-state index contributed by atoms with van der Waals surface area (Å²) in [5.41, 5.74) is 0.752. The lowest BCUT2D eigenvalue weighted by Gasteiger charge is -2.16. The Kier molecular flexibility index (Phi) is 4.49. The van der Waals surface area contributed by atoms with Crippen molar-refractivity contribution in [3.05, 3.63) is 77.3 Å². The van der Waals surface area contributed by atoms with Crippen LogP contribution in [-0.2, 0) is 11.2 Å². The number of rotatable bonds is 5. The second-order valence-electron chi connectivity index (χ2n) is 5.25. The molecule has 0 fully saturated rings. The summed E-state index contributed by atoms with van der Waals surface area (Å²) in [6, 6.07) is 20.6. The molecule has 4 heteroatoms. The zero-order valence-corrected chi connectivity index (χ0v) is 13.0. The Balaban J connectivity index is 1.84. The van der Waals surface area contributed by atoms with E-state index in [0.29, 0.717) is 10.8 Å². The molecule has 1 unspecified atom stereocenters. The standard InChI is InChI=1S/C19H15ClO3/c20-17-8-4-3-7-15(17)12-18(19(21)22)23-16-10-9-13-5-1-2-6-14(13)11-16/h1-11,18H,12H2,(H,21,22). The summed E-state index contributed by atoms with van der Waals surface area (Å²) in [6.45, 7) is 0. The molecule has 0 radical (unpaired) electrons. The highest BCUT2D eigenvalue weighted by Gasteiger charge is 2.21. The van der Waals surface area contributed by atoms with Crippen LogP contribution < -0.4 is 4.74 Å². The Bertz CT molecular complexity index is 845. The smallest absolute Gasteiger partial charge is 0.345 e. The molecule has 0 spiro atoms. The fourth-order valence-corrected chi connectivity index (χ4v) is 2.66. The molecule has 116 valence electrons. The van der Waals surface area contributed by atoms with Crippen molar-refractivity contribution in [3.8, 4) is 5.75 Å². The Morgan fingerprint density at radius 1 is 1.00 bits per heavy atom. The second kappa shape index (κ2) is 6.71. The predicted octanol–water partition coefficient (Wildman–Crippen LogP) is 4.57. The minimum absolute atomic E-state index is 0.210. The molecule has 0 aliphatic heterocycles. The van der Waals surface area contributed by atoms with E-state index in [0.717, 1.165) is 16.3 Å². The first-order valence-electron chi connectivity index (χ1n) is 7.25. The van der Waals surface area contributed by atoms with Gasteiger partial charge in [-0.15, -0.1) is 0 Å². The first kappa shape index (κ1) is 15.4. The van der Waals surface area contributed by atoms with E-state index < -0.39 is 12.1 Å². The van der Waals surface area contributed by atoms with Crippen LogP contribution in [0.4, 0.5) is 0 Å². The minimum Gasteiger partial charge on any atom is -0.478 e. The van der Waals surface area contributed by atoms with Gasteiger partial charge in [0.05, 0.1) is 0 Å². The average molecular weight is 327 g/mol. The molecule has 1 atom stereocenters. The zero-order valence-electron chi connectivity index (χ0n) is 12.3. The van der Waals surface area contributed by atoms with Crippen LogP contribution in [0.1, 0.15) is 5.56 Å². The van der Waals surface area contributed by atoms with Crippen LogP contribution in [0.5, 0.6) is 5.75 Å². The van der Waals surface area contributed by atoms with Gasteiger partial charge in [-0.3, -0.25) is 0 Å². The van der Waals surface area contributed by atoms with Crippen LogP contribution in [-0.4, -0.2) is 17.2 Å². The Morgan fingerprint density at radius 3 is 2.43 bits per heavy atom. The maximum atomic E-state index is 11.5. The van der Waals surface area contributed by atoms with Crippen LogP contribution in [0, 0.1) is 0 Å². The maximum absolute atomic E-state index is 11.5. The molecule has 3 aromatic rings. The third-order valence-corrected chi connectivity index (χ3v) is 4.01. The van der Waals surface area contributed by atoms with Crippen molar-refractivity contribution < 1.29 is 14.6 Å². The van der Waals surface area contributed by atoms with Gasteiger partial charge in [-0.05, 0) is 34.5 Å². The lowest BCUT2D eigenvalue weighted by Crippen LogP contribution is -2.29. The lowest BCUT2D eigenvalue weighted by atomic mass is 10.1. The van der Waals surface area contributed by atoms with E-state index in [1.54, 1.807) is 12.1 Å². The summed E-state index contributed by atoms with van der Waals surface area (Å²) in [5, 5.41) is 12.1. The van der Waals surface area contributed by atoms with Crippen LogP contribution in [0.3, 0.4) is 0 Å². The summed E-state index contributed by atoms with van der Waals surface area (Å²) in [5.74, 6) is -0.485. The topological polar surface area (TPSA) is 46.5 Å². The summed E-state index contributed by atoms with van der Waals surface area (Å²) < 4.78 is 5.68. The Hall–Kier alpha value is -2.52.